The van der Waals surface area contributed by atoms with E-state index in [9.17, 15) is 17.6 Å². The molecule has 3 nitrogen and oxygen atoms in total. The summed E-state index contributed by atoms with van der Waals surface area (Å²) in [5.74, 6) is -6.90. The lowest BCUT2D eigenvalue weighted by atomic mass is 10.3. The van der Waals surface area contributed by atoms with Crippen molar-refractivity contribution in [1.82, 2.24) is 0 Å². The first-order chi connectivity index (χ1) is 9.99. The van der Waals surface area contributed by atoms with Crippen molar-refractivity contribution in [2.45, 2.75) is 0 Å². The number of halogens is 4. The molecule has 0 aliphatic carbocycles. The molecule has 2 rings (SSSR count). The van der Waals surface area contributed by atoms with Gasteiger partial charge in [0.05, 0.1) is 0 Å². The van der Waals surface area contributed by atoms with Crippen LogP contribution < -0.4 is 15.2 Å². The summed E-state index contributed by atoms with van der Waals surface area (Å²) in [5, 5.41) is 0. The molecule has 0 bridgehead atoms. The zero-order valence-corrected chi connectivity index (χ0v) is 10.7. The highest BCUT2D eigenvalue weighted by Gasteiger charge is 2.20. The third kappa shape index (κ3) is 3.56. The number of anilines is 1. The fraction of sp³-hybridized carbons (Fsp3) is 0.143. The van der Waals surface area contributed by atoms with Crippen LogP contribution in [0.2, 0.25) is 0 Å². The Bertz CT molecular complexity index is 623. The number of rotatable bonds is 5. The maximum absolute atomic E-state index is 13.3. The summed E-state index contributed by atoms with van der Waals surface area (Å²) >= 11 is 0. The van der Waals surface area contributed by atoms with E-state index in [1.165, 1.54) is 0 Å². The van der Waals surface area contributed by atoms with E-state index >= 15 is 0 Å². The largest absolute Gasteiger partial charge is 0.490 e. The molecule has 0 aliphatic rings. The van der Waals surface area contributed by atoms with Gasteiger partial charge in [-0.3, -0.25) is 0 Å². The lowest BCUT2D eigenvalue weighted by Crippen LogP contribution is -2.12. The second-order valence-electron chi connectivity index (χ2n) is 4.07. The molecule has 0 saturated heterocycles. The first kappa shape index (κ1) is 15.0. The molecule has 112 valence electrons. The maximum Gasteiger partial charge on any atom is 0.203 e. The summed E-state index contributed by atoms with van der Waals surface area (Å²) in [6.07, 6.45) is 0. The van der Waals surface area contributed by atoms with Crippen molar-refractivity contribution in [1.29, 1.82) is 0 Å². The SMILES string of the molecule is Nc1cccc(OCCOc2c(F)c(F)cc(F)c2F)c1. The molecule has 2 aromatic rings. The second kappa shape index (κ2) is 6.34. The molecule has 0 unspecified atom stereocenters. The van der Waals surface area contributed by atoms with Crippen molar-refractivity contribution in [3.05, 3.63) is 53.6 Å². The smallest absolute Gasteiger partial charge is 0.203 e. The van der Waals surface area contributed by atoms with Crippen LogP contribution in [-0.4, -0.2) is 13.2 Å². The highest BCUT2D eigenvalue weighted by atomic mass is 19.2. The molecule has 21 heavy (non-hydrogen) atoms. The molecule has 0 aliphatic heterocycles. The van der Waals surface area contributed by atoms with Crippen LogP contribution >= 0.6 is 0 Å². The lowest BCUT2D eigenvalue weighted by molar-refractivity contribution is 0.201. The summed E-state index contributed by atoms with van der Waals surface area (Å²) in [6, 6.07) is 6.60. The zero-order chi connectivity index (χ0) is 15.4. The third-order valence-corrected chi connectivity index (χ3v) is 2.53. The van der Waals surface area contributed by atoms with Gasteiger partial charge in [-0.1, -0.05) is 6.07 Å². The van der Waals surface area contributed by atoms with E-state index in [4.69, 9.17) is 15.2 Å². The van der Waals surface area contributed by atoms with Crippen LogP contribution in [0.4, 0.5) is 23.2 Å². The van der Waals surface area contributed by atoms with Crippen LogP contribution in [0.5, 0.6) is 11.5 Å². The number of benzene rings is 2. The van der Waals surface area contributed by atoms with Gasteiger partial charge in [0.2, 0.25) is 11.6 Å². The Morgan fingerprint density at radius 1 is 0.857 bits per heavy atom. The van der Waals surface area contributed by atoms with Crippen LogP contribution in [-0.2, 0) is 0 Å². The van der Waals surface area contributed by atoms with Gasteiger partial charge in [-0.05, 0) is 12.1 Å². The normalized spacial score (nSPS) is 10.5. The molecule has 0 amide bonds. The van der Waals surface area contributed by atoms with Gasteiger partial charge in [0.1, 0.15) is 19.0 Å². The molecule has 2 N–H and O–H groups in total. The van der Waals surface area contributed by atoms with Gasteiger partial charge in [0, 0.05) is 17.8 Å². The highest BCUT2D eigenvalue weighted by molar-refractivity contribution is 5.43. The monoisotopic (exact) mass is 301 g/mol. The first-order valence-corrected chi connectivity index (χ1v) is 5.93. The molecule has 0 heterocycles. The summed E-state index contributed by atoms with van der Waals surface area (Å²) < 4.78 is 62.3. The van der Waals surface area contributed by atoms with E-state index < -0.39 is 29.0 Å². The quantitative estimate of drug-likeness (QED) is 0.399. The molecular weight excluding hydrogens is 290 g/mol. The zero-order valence-electron chi connectivity index (χ0n) is 10.7. The molecule has 7 heteroatoms. The van der Waals surface area contributed by atoms with E-state index in [2.05, 4.69) is 0 Å². The minimum Gasteiger partial charge on any atom is -0.490 e. The first-order valence-electron chi connectivity index (χ1n) is 5.93. The highest BCUT2D eigenvalue weighted by Crippen LogP contribution is 2.26. The number of hydrogen-bond donors (Lipinski definition) is 1. The fourth-order valence-electron chi connectivity index (χ4n) is 1.59. The Kier molecular flexibility index (Phi) is 4.52. The second-order valence-corrected chi connectivity index (χ2v) is 4.07. The van der Waals surface area contributed by atoms with Gasteiger partial charge in [-0.25, -0.2) is 8.78 Å². The number of ether oxygens (including phenoxy) is 2. The lowest BCUT2D eigenvalue weighted by Gasteiger charge is -2.10. The molecular formula is C14H11F4NO2. The van der Waals surface area contributed by atoms with Crippen LogP contribution in [0.3, 0.4) is 0 Å². The van der Waals surface area contributed by atoms with Gasteiger partial charge >= 0.3 is 0 Å². The van der Waals surface area contributed by atoms with Gasteiger partial charge in [0.15, 0.2) is 17.4 Å². The average Bonchev–Trinajstić information content (AvgIpc) is 2.44. The van der Waals surface area contributed by atoms with E-state index in [0.717, 1.165) is 0 Å². The minimum atomic E-state index is -1.59. The van der Waals surface area contributed by atoms with Crippen molar-refractivity contribution >= 4 is 5.69 Å². The van der Waals surface area contributed by atoms with Crippen LogP contribution in [0.1, 0.15) is 0 Å². The van der Waals surface area contributed by atoms with E-state index in [0.29, 0.717) is 11.4 Å². The fourth-order valence-corrected chi connectivity index (χ4v) is 1.59. The van der Waals surface area contributed by atoms with Gasteiger partial charge in [-0.15, -0.1) is 0 Å². The third-order valence-electron chi connectivity index (χ3n) is 2.53. The summed E-state index contributed by atoms with van der Waals surface area (Å²) in [5.41, 5.74) is 6.02. The summed E-state index contributed by atoms with van der Waals surface area (Å²) in [6.45, 7) is -0.383. The Hall–Kier alpha value is -2.44. The predicted molar refractivity (Wildman–Crippen MR) is 68.1 cm³/mol. The molecule has 2 aromatic carbocycles. The average molecular weight is 301 g/mol. The molecule has 0 aromatic heterocycles. The van der Waals surface area contributed by atoms with Crippen molar-refractivity contribution in [3.8, 4) is 11.5 Å². The van der Waals surface area contributed by atoms with Crippen molar-refractivity contribution in [3.63, 3.8) is 0 Å². The van der Waals surface area contributed by atoms with E-state index in [1.807, 2.05) is 0 Å². The maximum atomic E-state index is 13.3. The van der Waals surface area contributed by atoms with E-state index in [-0.39, 0.29) is 19.3 Å². The molecule has 0 saturated carbocycles. The Morgan fingerprint density at radius 2 is 1.48 bits per heavy atom. The molecule has 0 radical (unpaired) electrons. The summed E-state index contributed by atoms with van der Waals surface area (Å²) in [7, 11) is 0. The van der Waals surface area contributed by atoms with Crippen molar-refractivity contribution < 1.29 is 27.0 Å². The van der Waals surface area contributed by atoms with Gasteiger partial charge in [-0.2, -0.15) is 8.78 Å². The molecule has 0 fully saturated rings. The Morgan fingerprint density at radius 3 is 2.10 bits per heavy atom. The van der Waals surface area contributed by atoms with Crippen LogP contribution in [0.15, 0.2) is 30.3 Å². The molecule has 0 spiro atoms. The standard InChI is InChI=1S/C14H11F4NO2/c15-10-7-11(16)13(18)14(12(10)17)21-5-4-20-9-3-1-2-8(19)6-9/h1-3,6-7H,4-5,19H2. The van der Waals surface area contributed by atoms with Crippen molar-refractivity contribution in [2.24, 2.45) is 0 Å². The van der Waals surface area contributed by atoms with E-state index in [1.54, 1.807) is 24.3 Å². The number of hydrogen-bond acceptors (Lipinski definition) is 3. The minimum absolute atomic E-state index is 0.0829. The van der Waals surface area contributed by atoms with Gasteiger partial charge < -0.3 is 15.2 Å². The number of nitrogen functional groups attached to an aromatic ring is 1. The predicted octanol–water partition coefficient (Wildman–Crippen LogP) is 3.28. The van der Waals surface area contributed by atoms with Crippen LogP contribution in [0.25, 0.3) is 0 Å². The van der Waals surface area contributed by atoms with Gasteiger partial charge in [0.25, 0.3) is 0 Å². The Balaban J connectivity index is 1.95. The number of nitrogens with two attached hydrogens (primary N) is 1. The molecule has 0 atom stereocenters. The Labute approximate surface area is 117 Å². The summed E-state index contributed by atoms with van der Waals surface area (Å²) in [4.78, 5) is 0. The topological polar surface area (TPSA) is 44.5 Å². The van der Waals surface area contributed by atoms with Crippen LogP contribution in [0, 0.1) is 23.3 Å². The van der Waals surface area contributed by atoms with Crippen molar-refractivity contribution in [2.75, 3.05) is 18.9 Å².